The van der Waals surface area contributed by atoms with Gasteiger partial charge in [0.05, 0.1) is 12.3 Å². The van der Waals surface area contributed by atoms with Gasteiger partial charge in [-0.15, -0.1) is 0 Å². The van der Waals surface area contributed by atoms with Crippen LogP contribution in [0.25, 0.3) is 16.8 Å². The van der Waals surface area contributed by atoms with E-state index in [1.165, 1.54) is 0 Å². The van der Waals surface area contributed by atoms with Crippen molar-refractivity contribution in [1.82, 2.24) is 19.3 Å². The van der Waals surface area contributed by atoms with E-state index in [9.17, 15) is 4.79 Å². The molecule has 0 atom stereocenters. The third kappa shape index (κ3) is 5.74. The molecule has 0 unspecified atom stereocenters. The van der Waals surface area contributed by atoms with Gasteiger partial charge in [0, 0.05) is 64.5 Å². The van der Waals surface area contributed by atoms with Crippen molar-refractivity contribution in [1.29, 1.82) is 0 Å². The van der Waals surface area contributed by atoms with E-state index >= 15 is 0 Å². The summed E-state index contributed by atoms with van der Waals surface area (Å²) in [5.41, 5.74) is 3.92. The second-order valence-electron chi connectivity index (χ2n) is 10.2. The SMILES string of the molecule is CCOc1ccc(-c2cc(N3CCN(C)CC3)n(-c3ccccc3)c(=O)c2CN2CCN(C)CC2)cc1. The molecule has 0 saturated carbocycles. The smallest absolute Gasteiger partial charge is 0.261 e. The molecule has 2 fully saturated rings. The van der Waals surface area contributed by atoms with Gasteiger partial charge in [0.15, 0.2) is 0 Å². The van der Waals surface area contributed by atoms with E-state index < -0.39 is 0 Å². The highest BCUT2D eigenvalue weighted by atomic mass is 16.5. The number of hydrogen-bond acceptors (Lipinski definition) is 6. The number of piperazine rings is 2. The highest BCUT2D eigenvalue weighted by molar-refractivity contribution is 5.72. The molecule has 3 aromatic rings. The Hall–Kier alpha value is -3.13. The maximum Gasteiger partial charge on any atom is 0.261 e. The first-order valence-corrected chi connectivity index (χ1v) is 13.5. The van der Waals surface area contributed by atoms with Crippen molar-refractivity contribution >= 4 is 5.82 Å². The number of ether oxygens (including phenoxy) is 1. The van der Waals surface area contributed by atoms with E-state index in [1.54, 1.807) is 0 Å². The van der Waals surface area contributed by atoms with Crippen molar-refractivity contribution in [2.45, 2.75) is 13.5 Å². The predicted molar refractivity (Wildman–Crippen MR) is 151 cm³/mol. The van der Waals surface area contributed by atoms with Crippen LogP contribution in [-0.2, 0) is 6.54 Å². The number of pyridine rings is 1. The number of nitrogens with zero attached hydrogens (tertiary/aromatic N) is 5. The maximum atomic E-state index is 14.5. The number of para-hydroxylation sites is 1. The fourth-order valence-electron chi connectivity index (χ4n) is 5.27. The van der Waals surface area contributed by atoms with Crippen molar-refractivity contribution in [3.8, 4) is 22.6 Å². The van der Waals surface area contributed by atoms with Crippen LogP contribution in [0.1, 0.15) is 12.5 Å². The monoisotopic (exact) mass is 501 g/mol. The number of benzene rings is 2. The van der Waals surface area contributed by atoms with E-state index in [4.69, 9.17) is 4.74 Å². The summed E-state index contributed by atoms with van der Waals surface area (Å²) in [6.45, 7) is 11.0. The summed E-state index contributed by atoms with van der Waals surface area (Å²) in [5, 5.41) is 0. The van der Waals surface area contributed by atoms with Crippen LogP contribution in [0.5, 0.6) is 5.75 Å². The van der Waals surface area contributed by atoms with Crippen molar-refractivity contribution < 1.29 is 4.74 Å². The normalized spacial score (nSPS) is 17.8. The summed E-state index contributed by atoms with van der Waals surface area (Å²) in [6.07, 6.45) is 0. The average Bonchev–Trinajstić information content (AvgIpc) is 2.92. The van der Waals surface area contributed by atoms with Gasteiger partial charge < -0.3 is 19.4 Å². The van der Waals surface area contributed by atoms with Crippen molar-refractivity contribution in [3.63, 3.8) is 0 Å². The zero-order valence-electron chi connectivity index (χ0n) is 22.4. The predicted octanol–water partition coefficient (Wildman–Crippen LogP) is 3.40. The summed E-state index contributed by atoms with van der Waals surface area (Å²) in [6, 6.07) is 20.6. The van der Waals surface area contributed by atoms with Crippen LogP contribution in [0.2, 0.25) is 0 Å². The number of anilines is 1. The average molecular weight is 502 g/mol. The molecule has 37 heavy (non-hydrogen) atoms. The van der Waals surface area contributed by atoms with E-state index in [-0.39, 0.29) is 5.56 Å². The zero-order chi connectivity index (χ0) is 25.8. The summed E-state index contributed by atoms with van der Waals surface area (Å²) < 4.78 is 7.64. The topological polar surface area (TPSA) is 44.2 Å². The summed E-state index contributed by atoms with van der Waals surface area (Å²) in [7, 11) is 4.32. The number of aromatic nitrogens is 1. The van der Waals surface area contributed by atoms with Crippen LogP contribution in [0.3, 0.4) is 0 Å². The Balaban J connectivity index is 1.66. The fraction of sp³-hybridized carbons (Fsp3) is 0.433. The van der Waals surface area contributed by atoms with Crippen molar-refractivity contribution in [3.05, 3.63) is 76.6 Å². The lowest BCUT2D eigenvalue weighted by atomic mass is 9.99. The Bertz CT molecular complexity index is 1230. The maximum absolute atomic E-state index is 14.5. The number of rotatable bonds is 7. The Labute approximate surface area is 220 Å². The van der Waals surface area contributed by atoms with E-state index in [1.807, 2.05) is 54.0 Å². The molecule has 0 aliphatic carbocycles. The molecule has 2 aromatic carbocycles. The van der Waals surface area contributed by atoms with E-state index in [0.717, 1.165) is 86.3 Å². The minimum atomic E-state index is 0.0745. The van der Waals surface area contributed by atoms with Gasteiger partial charge >= 0.3 is 0 Å². The van der Waals surface area contributed by atoms with Gasteiger partial charge in [0.25, 0.3) is 5.56 Å². The minimum absolute atomic E-state index is 0.0745. The highest BCUT2D eigenvalue weighted by Crippen LogP contribution is 2.31. The van der Waals surface area contributed by atoms with Crippen LogP contribution in [0.15, 0.2) is 65.5 Å². The Morgan fingerprint density at radius 2 is 1.41 bits per heavy atom. The standard InChI is InChI=1S/C30H39N5O2/c1-4-37-26-12-10-24(11-13-26)27-22-29(34-20-16-32(3)17-21-34)35(25-8-6-5-7-9-25)30(36)28(27)23-33-18-14-31(2)15-19-33/h5-13,22H,4,14-21,23H2,1-3H3. The summed E-state index contributed by atoms with van der Waals surface area (Å²) in [5.74, 6) is 1.82. The quantitative estimate of drug-likeness (QED) is 0.495. The van der Waals surface area contributed by atoms with Gasteiger partial charge in [-0.1, -0.05) is 30.3 Å². The molecule has 0 bridgehead atoms. The Kier molecular flexibility index (Phi) is 7.93. The first-order valence-electron chi connectivity index (χ1n) is 13.5. The molecule has 2 aliphatic rings. The molecule has 7 nitrogen and oxygen atoms in total. The van der Waals surface area contributed by atoms with Gasteiger partial charge in [0.1, 0.15) is 11.6 Å². The molecule has 2 aliphatic heterocycles. The van der Waals surface area contributed by atoms with Crippen LogP contribution in [0, 0.1) is 0 Å². The lowest BCUT2D eigenvalue weighted by molar-refractivity contribution is 0.148. The molecule has 0 N–H and O–H groups in total. The molecule has 0 amide bonds. The molecule has 1 aromatic heterocycles. The van der Waals surface area contributed by atoms with Gasteiger partial charge in [-0.05, 0) is 62.5 Å². The highest BCUT2D eigenvalue weighted by Gasteiger charge is 2.25. The second-order valence-corrected chi connectivity index (χ2v) is 10.2. The van der Waals surface area contributed by atoms with Gasteiger partial charge in [-0.2, -0.15) is 0 Å². The third-order valence-corrected chi connectivity index (χ3v) is 7.58. The third-order valence-electron chi connectivity index (χ3n) is 7.58. The Morgan fingerprint density at radius 3 is 2.03 bits per heavy atom. The van der Waals surface area contributed by atoms with Crippen LogP contribution in [-0.4, -0.2) is 92.3 Å². The molecule has 7 heteroatoms. The largest absolute Gasteiger partial charge is 0.494 e. The number of hydrogen-bond donors (Lipinski definition) is 0. The molecule has 2 saturated heterocycles. The van der Waals surface area contributed by atoms with Crippen LogP contribution >= 0.6 is 0 Å². The molecular formula is C30H39N5O2. The fourth-order valence-corrected chi connectivity index (χ4v) is 5.27. The van der Waals surface area contributed by atoms with Crippen LogP contribution in [0.4, 0.5) is 5.82 Å². The van der Waals surface area contributed by atoms with Gasteiger partial charge in [0.2, 0.25) is 0 Å². The molecule has 5 rings (SSSR count). The molecule has 0 radical (unpaired) electrons. The molecule has 3 heterocycles. The van der Waals surface area contributed by atoms with Crippen molar-refractivity contribution in [2.24, 2.45) is 0 Å². The first kappa shape index (κ1) is 25.5. The van der Waals surface area contributed by atoms with E-state index in [0.29, 0.717) is 13.2 Å². The lowest BCUT2D eigenvalue weighted by Crippen LogP contribution is -2.47. The molecular weight excluding hydrogens is 462 g/mol. The summed E-state index contributed by atoms with van der Waals surface area (Å²) in [4.78, 5) is 23.9. The number of likely N-dealkylation sites (N-methyl/N-ethyl adjacent to an activating group) is 2. The lowest BCUT2D eigenvalue weighted by Gasteiger charge is -2.36. The van der Waals surface area contributed by atoms with Crippen LogP contribution < -0.4 is 15.2 Å². The second kappa shape index (κ2) is 11.5. The first-order chi connectivity index (χ1) is 18.0. The molecule has 196 valence electrons. The van der Waals surface area contributed by atoms with Gasteiger partial charge in [-0.25, -0.2) is 0 Å². The minimum Gasteiger partial charge on any atom is -0.494 e. The summed E-state index contributed by atoms with van der Waals surface area (Å²) >= 11 is 0. The Morgan fingerprint density at radius 1 is 0.784 bits per heavy atom. The van der Waals surface area contributed by atoms with E-state index in [2.05, 4.69) is 51.9 Å². The van der Waals surface area contributed by atoms with Gasteiger partial charge in [-0.3, -0.25) is 14.3 Å². The zero-order valence-corrected chi connectivity index (χ0v) is 22.4. The molecule has 0 spiro atoms. The van der Waals surface area contributed by atoms with Crippen molar-refractivity contribution in [2.75, 3.05) is 78.0 Å².